The van der Waals surface area contributed by atoms with Crippen molar-refractivity contribution in [3.05, 3.63) is 40.9 Å². The Labute approximate surface area is 128 Å². The zero-order valence-electron chi connectivity index (χ0n) is 10.3. The van der Waals surface area contributed by atoms with E-state index in [0.717, 1.165) is 25.9 Å². The zero-order chi connectivity index (χ0) is 13.2. The lowest BCUT2D eigenvalue weighted by molar-refractivity contribution is 0.218. The maximum atomic E-state index is 10.5. The third-order valence-corrected chi connectivity index (χ3v) is 5.53. The summed E-state index contributed by atoms with van der Waals surface area (Å²) in [6, 6.07) is 8.52. The Morgan fingerprint density at radius 2 is 2.00 bits per heavy atom. The summed E-state index contributed by atoms with van der Waals surface area (Å²) < 4.78 is 2.22. The molecule has 0 N–H and O–H groups in total. The van der Waals surface area contributed by atoms with Gasteiger partial charge in [-0.1, -0.05) is 18.2 Å². The van der Waals surface area contributed by atoms with Crippen molar-refractivity contribution in [3.63, 3.8) is 0 Å². The summed E-state index contributed by atoms with van der Waals surface area (Å²) in [5, 5.41) is 6.00. The van der Waals surface area contributed by atoms with Gasteiger partial charge >= 0.3 is 0 Å². The van der Waals surface area contributed by atoms with Gasteiger partial charge in [-0.05, 0) is 30.4 Å². The summed E-state index contributed by atoms with van der Waals surface area (Å²) in [5.74, 6) is 0.535. The molecule has 1 aliphatic rings. The molecule has 1 aliphatic heterocycles. The van der Waals surface area contributed by atoms with E-state index in [1.165, 1.54) is 16.5 Å². The fourth-order valence-electron chi connectivity index (χ4n) is 2.82. The van der Waals surface area contributed by atoms with Crippen LogP contribution in [-0.4, -0.2) is 22.1 Å². The SMILES string of the molecule is O=NN1CCC(c2cn(SI)c3ccccc23)CC1. The first-order chi connectivity index (χ1) is 9.33. The highest BCUT2D eigenvalue weighted by molar-refractivity contribution is 14.2. The highest BCUT2D eigenvalue weighted by atomic mass is 127. The van der Waals surface area contributed by atoms with Gasteiger partial charge in [-0.2, -0.15) is 0 Å². The molecule has 0 amide bonds. The number of nitrogens with zero attached hydrogens (tertiary/aromatic N) is 3. The molecular formula is C13H14IN3OS. The lowest BCUT2D eigenvalue weighted by Crippen LogP contribution is -2.28. The van der Waals surface area contributed by atoms with Crippen LogP contribution in [0.3, 0.4) is 0 Å². The Morgan fingerprint density at radius 1 is 1.26 bits per heavy atom. The number of para-hydroxylation sites is 1. The summed E-state index contributed by atoms with van der Waals surface area (Å²) in [6.07, 6.45) is 4.26. The van der Waals surface area contributed by atoms with E-state index in [0.29, 0.717) is 5.92 Å². The smallest absolute Gasteiger partial charge is 0.0601 e. The molecule has 0 bridgehead atoms. The molecule has 1 aromatic heterocycles. The van der Waals surface area contributed by atoms with Gasteiger partial charge in [-0.25, -0.2) is 0 Å². The van der Waals surface area contributed by atoms with E-state index in [9.17, 15) is 4.91 Å². The lowest BCUT2D eigenvalue weighted by atomic mass is 9.90. The monoisotopic (exact) mass is 387 g/mol. The number of piperidine rings is 1. The molecule has 2 heterocycles. The summed E-state index contributed by atoms with van der Waals surface area (Å²) in [6.45, 7) is 1.54. The van der Waals surface area contributed by atoms with Crippen LogP contribution in [0.1, 0.15) is 24.3 Å². The van der Waals surface area contributed by atoms with Gasteiger partial charge < -0.3 is 0 Å². The Balaban J connectivity index is 1.95. The number of hydrogen-bond donors (Lipinski definition) is 0. The third-order valence-electron chi connectivity index (χ3n) is 3.81. The lowest BCUT2D eigenvalue weighted by Gasteiger charge is -2.27. The van der Waals surface area contributed by atoms with Crippen molar-refractivity contribution in [2.75, 3.05) is 13.1 Å². The fraction of sp³-hybridized carbons (Fsp3) is 0.385. The molecule has 0 atom stereocenters. The second-order valence-corrected chi connectivity index (χ2v) is 6.52. The first kappa shape index (κ1) is 13.2. The normalized spacial score (nSPS) is 17.0. The van der Waals surface area contributed by atoms with Crippen LogP contribution in [0.15, 0.2) is 35.7 Å². The van der Waals surface area contributed by atoms with E-state index in [-0.39, 0.29) is 0 Å². The zero-order valence-corrected chi connectivity index (χ0v) is 13.3. The molecule has 1 fully saturated rings. The summed E-state index contributed by atoms with van der Waals surface area (Å²) in [5.41, 5.74) is 2.68. The van der Waals surface area contributed by atoms with E-state index < -0.39 is 0 Å². The van der Waals surface area contributed by atoms with Gasteiger partial charge in [0, 0.05) is 55.0 Å². The molecule has 4 nitrogen and oxygen atoms in total. The molecule has 6 heteroatoms. The molecule has 2 aromatic rings. The van der Waals surface area contributed by atoms with Gasteiger partial charge in [0.25, 0.3) is 0 Å². The minimum Gasteiger partial charge on any atom is -0.282 e. The molecule has 0 radical (unpaired) electrons. The van der Waals surface area contributed by atoms with Crippen molar-refractivity contribution >= 4 is 41.2 Å². The molecule has 19 heavy (non-hydrogen) atoms. The Hall–Kier alpha value is -0.760. The number of fused-ring (bicyclic) bond motifs is 1. The number of benzene rings is 1. The Bertz CT molecular complexity index is 593. The summed E-state index contributed by atoms with van der Waals surface area (Å²) in [4.78, 5) is 10.5. The average Bonchev–Trinajstić information content (AvgIpc) is 2.86. The highest BCUT2D eigenvalue weighted by Crippen LogP contribution is 2.36. The van der Waals surface area contributed by atoms with Crippen LogP contribution in [0.4, 0.5) is 0 Å². The highest BCUT2D eigenvalue weighted by Gasteiger charge is 2.23. The van der Waals surface area contributed by atoms with E-state index in [1.807, 2.05) is 0 Å². The maximum Gasteiger partial charge on any atom is 0.0601 e. The Morgan fingerprint density at radius 3 is 2.68 bits per heavy atom. The van der Waals surface area contributed by atoms with Crippen molar-refractivity contribution in [3.8, 4) is 0 Å². The van der Waals surface area contributed by atoms with Crippen LogP contribution in [0, 0.1) is 4.91 Å². The van der Waals surface area contributed by atoms with Crippen LogP contribution in [0.25, 0.3) is 10.9 Å². The molecule has 0 spiro atoms. The molecule has 0 saturated carbocycles. The largest absolute Gasteiger partial charge is 0.282 e. The van der Waals surface area contributed by atoms with Crippen LogP contribution >= 0.6 is 30.3 Å². The van der Waals surface area contributed by atoms with E-state index in [1.54, 1.807) is 14.1 Å². The fourth-order valence-corrected chi connectivity index (χ4v) is 4.18. The minimum atomic E-state index is 0.535. The standard InChI is InChI=1S/C13H14IN3OS/c14-19-17-9-12(11-3-1-2-4-13(11)17)10-5-7-16(15-18)8-6-10/h1-4,9-10H,5-8H2. The van der Waals surface area contributed by atoms with Gasteiger partial charge in [0.15, 0.2) is 0 Å². The Kier molecular flexibility index (Phi) is 3.97. The first-order valence-corrected chi connectivity index (χ1v) is 9.62. The van der Waals surface area contributed by atoms with Crippen molar-refractivity contribution in [1.29, 1.82) is 0 Å². The predicted molar refractivity (Wildman–Crippen MR) is 88.3 cm³/mol. The molecule has 0 aliphatic carbocycles. The van der Waals surface area contributed by atoms with Crippen molar-refractivity contribution < 1.29 is 0 Å². The van der Waals surface area contributed by atoms with Crippen molar-refractivity contribution in [1.82, 2.24) is 8.98 Å². The van der Waals surface area contributed by atoms with Crippen LogP contribution in [-0.2, 0) is 0 Å². The van der Waals surface area contributed by atoms with Crippen molar-refractivity contribution in [2.24, 2.45) is 5.29 Å². The van der Waals surface area contributed by atoms with E-state index >= 15 is 0 Å². The number of rotatable bonds is 3. The second-order valence-electron chi connectivity index (χ2n) is 4.81. The van der Waals surface area contributed by atoms with Gasteiger partial charge in [-0.3, -0.25) is 8.98 Å². The number of hydrogen-bond acceptors (Lipinski definition) is 3. The summed E-state index contributed by atoms with van der Waals surface area (Å²) in [7, 11) is 1.70. The average molecular weight is 387 g/mol. The molecule has 3 rings (SSSR count). The van der Waals surface area contributed by atoms with Crippen LogP contribution in [0.2, 0.25) is 0 Å². The molecule has 100 valence electrons. The van der Waals surface area contributed by atoms with Crippen LogP contribution in [0.5, 0.6) is 0 Å². The predicted octanol–water partition coefficient (Wildman–Crippen LogP) is 4.35. The van der Waals surface area contributed by atoms with E-state index in [4.69, 9.17) is 0 Å². The van der Waals surface area contributed by atoms with E-state index in [2.05, 4.69) is 60.9 Å². The number of aromatic nitrogens is 1. The maximum absolute atomic E-state index is 10.5. The van der Waals surface area contributed by atoms with Gasteiger partial charge in [0.2, 0.25) is 0 Å². The van der Waals surface area contributed by atoms with Crippen molar-refractivity contribution in [2.45, 2.75) is 18.8 Å². The summed E-state index contributed by atoms with van der Waals surface area (Å²) >= 11 is 2.31. The molecule has 1 aromatic carbocycles. The minimum absolute atomic E-state index is 0.535. The van der Waals surface area contributed by atoms with Gasteiger partial charge in [0.1, 0.15) is 0 Å². The van der Waals surface area contributed by atoms with Crippen LogP contribution < -0.4 is 0 Å². The second kappa shape index (κ2) is 5.70. The number of nitroso groups, excluding NO2 is 1. The third kappa shape index (κ3) is 2.47. The number of halogens is 1. The topological polar surface area (TPSA) is 37.6 Å². The first-order valence-electron chi connectivity index (χ1n) is 6.30. The quantitative estimate of drug-likeness (QED) is 0.581. The van der Waals surface area contributed by atoms with Gasteiger partial charge in [0.05, 0.1) is 10.8 Å². The molecular weight excluding hydrogens is 373 g/mol. The van der Waals surface area contributed by atoms with Gasteiger partial charge in [-0.15, -0.1) is 4.91 Å². The molecule has 0 unspecified atom stereocenters. The molecule has 1 saturated heterocycles.